The highest BCUT2D eigenvalue weighted by molar-refractivity contribution is 5.54. The molecule has 0 aliphatic heterocycles. The second kappa shape index (κ2) is 8.07. The number of hydrogen-bond donors (Lipinski definition) is 0. The van der Waals surface area contributed by atoms with Crippen LogP contribution in [0.3, 0.4) is 0 Å². The van der Waals surface area contributed by atoms with E-state index in [2.05, 4.69) is 64.1 Å². The van der Waals surface area contributed by atoms with Gasteiger partial charge < -0.3 is 0 Å². The van der Waals surface area contributed by atoms with Crippen LogP contribution in [0.5, 0.6) is 0 Å². The van der Waals surface area contributed by atoms with Gasteiger partial charge in [-0.2, -0.15) is 0 Å². The fraction of sp³-hybridized carbons (Fsp3) is 0.500. The molecule has 0 saturated carbocycles. The standard InChI is InChI=1S/C20H28N2/c1-5-15(6-2)17-11-9-13-19(21-17)20-14-10-12-18(22-20)16(7-3)8-4/h9-16H,5-8H2,1-4H3. The van der Waals surface area contributed by atoms with Gasteiger partial charge in [0.15, 0.2) is 0 Å². The highest BCUT2D eigenvalue weighted by Crippen LogP contribution is 2.26. The minimum absolute atomic E-state index is 0.544. The third-order valence-corrected chi connectivity index (χ3v) is 4.61. The van der Waals surface area contributed by atoms with Crippen molar-refractivity contribution in [2.24, 2.45) is 0 Å². The maximum absolute atomic E-state index is 4.87. The van der Waals surface area contributed by atoms with Crippen LogP contribution in [0, 0.1) is 0 Å². The van der Waals surface area contributed by atoms with E-state index in [1.165, 1.54) is 11.4 Å². The first-order valence-electron chi connectivity index (χ1n) is 8.67. The molecule has 0 unspecified atom stereocenters. The van der Waals surface area contributed by atoms with Crippen molar-refractivity contribution in [3.8, 4) is 11.4 Å². The zero-order valence-electron chi connectivity index (χ0n) is 14.3. The molecular formula is C20H28N2. The molecule has 0 amide bonds. The molecule has 0 aliphatic carbocycles. The molecule has 0 spiro atoms. The van der Waals surface area contributed by atoms with Gasteiger partial charge in [-0.25, -0.2) is 0 Å². The Bertz CT molecular complexity index is 530. The summed E-state index contributed by atoms with van der Waals surface area (Å²) in [6.07, 6.45) is 4.53. The largest absolute Gasteiger partial charge is 0.251 e. The van der Waals surface area contributed by atoms with Crippen LogP contribution in [-0.2, 0) is 0 Å². The van der Waals surface area contributed by atoms with Crippen molar-refractivity contribution in [3.63, 3.8) is 0 Å². The van der Waals surface area contributed by atoms with Crippen LogP contribution in [0.15, 0.2) is 36.4 Å². The second-order valence-corrected chi connectivity index (χ2v) is 5.92. The summed E-state index contributed by atoms with van der Waals surface area (Å²) >= 11 is 0. The molecule has 0 bridgehead atoms. The van der Waals surface area contributed by atoms with Gasteiger partial charge in [0.25, 0.3) is 0 Å². The van der Waals surface area contributed by atoms with Crippen LogP contribution in [-0.4, -0.2) is 9.97 Å². The van der Waals surface area contributed by atoms with Crippen molar-refractivity contribution >= 4 is 0 Å². The first kappa shape index (κ1) is 16.7. The Labute approximate surface area is 135 Å². The third kappa shape index (κ3) is 3.73. The van der Waals surface area contributed by atoms with Gasteiger partial charge in [-0.3, -0.25) is 9.97 Å². The minimum atomic E-state index is 0.544. The van der Waals surface area contributed by atoms with E-state index in [0.717, 1.165) is 37.1 Å². The summed E-state index contributed by atoms with van der Waals surface area (Å²) in [5, 5.41) is 0. The number of hydrogen-bond acceptors (Lipinski definition) is 2. The van der Waals surface area contributed by atoms with Gasteiger partial charge in [0, 0.05) is 23.2 Å². The van der Waals surface area contributed by atoms with Crippen molar-refractivity contribution < 1.29 is 0 Å². The molecule has 22 heavy (non-hydrogen) atoms. The van der Waals surface area contributed by atoms with Gasteiger partial charge in [0.1, 0.15) is 0 Å². The highest BCUT2D eigenvalue weighted by Gasteiger charge is 2.12. The normalized spacial score (nSPS) is 11.4. The Morgan fingerprint density at radius 3 is 1.32 bits per heavy atom. The molecule has 0 saturated heterocycles. The van der Waals surface area contributed by atoms with Crippen molar-refractivity contribution in [3.05, 3.63) is 47.8 Å². The molecule has 118 valence electrons. The smallest absolute Gasteiger partial charge is 0.0889 e. The summed E-state index contributed by atoms with van der Waals surface area (Å²) < 4.78 is 0. The summed E-state index contributed by atoms with van der Waals surface area (Å²) in [5.41, 5.74) is 4.38. The molecular weight excluding hydrogens is 268 g/mol. The van der Waals surface area contributed by atoms with Crippen molar-refractivity contribution in [2.75, 3.05) is 0 Å². The maximum Gasteiger partial charge on any atom is 0.0889 e. The topological polar surface area (TPSA) is 25.8 Å². The van der Waals surface area contributed by atoms with Crippen LogP contribution in [0.4, 0.5) is 0 Å². The van der Waals surface area contributed by atoms with E-state index in [-0.39, 0.29) is 0 Å². The Morgan fingerprint density at radius 1 is 0.636 bits per heavy atom. The van der Waals surface area contributed by atoms with E-state index in [1.807, 2.05) is 0 Å². The lowest BCUT2D eigenvalue weighted by molar-refractivity contribution is 0.621. The summed E-state index contributed by atoms with van der Waals surface area (Å²) in [6.45, 7) is 8.92. The van der Waals surface area contributed by atoms with E-state index >= 15 is 0 Å². The fourth-order valence-corrected chi connectivity index (χ4v) is 3.06. The van der Waals surface area contributed by atoms with Crippen LogP contribution >= 0.6 is 0 Å². The number of pyridine rings is 2. The van der Waals surface area contributed by atoms with E-state index in [4.69, 9.17) is 9.97 Å². The van der Waals surface area contributed by atoms with Crippen molar-refractivity contribution in [1.82, 2.24) is 9.97 Å². The van der Waals surface area contributed by atoms with Crippen molar-refractivity contribution in [1.29, 1.82) is 0 Å². The molecule has 0 N–H and O–H groups in total. The molecule has 2 rings (SSSR count). The Morgan fingerprint density at radius 2 is 1.00 bits per heavy atom. The van der Waals surface area contributed by atoms with E-state index in [0.29, 0.717) is 11.8 Å². The number of rotatable bonds is 7. The first-order valence-corrected chi connectivity index (χ1v) is 8.67. The Hall–Kier alpha value is -1.70. The highest BCUT2D eigenvalue weighted by atomic mass is 14.8. The lowest BCUT2D eigenvalue weighted by Crippen LogP contribution is -2.02. The molecule has 2 heteroatoms. The zero-order chi connectivity index (χ0) is 15.9. The molecule has 0 aliphatic rings. The third-order valence-electron chi connectivity index (χ3n) is 4.61. The van der Waals surface area contributed by atoms with Crippen LogP contribution in [0.2, 0.25) is 0 Å². The van der Waals surface area contributed by atoms with Crippen LogP contribution < -0.4 is 0 Å². The summed E-state index contributed by atoms with van der Waals surface area (Å²) in [4.78, 5) is 9.75. The van der Waals surface area contributed by atoms with Crippen LogP contribution in [0.1, 0.15) is 76.6 Å². The summed E-state index contributed by atoms with van der Waals surface area (Å²) in [5.74, 6) is 1.09. The predicted octanol–water partition coefficient (Wildman–Crippen LogP) is 5.95. The van der Waals surface area contributed by atoms with E-state index < -0.39 is 0 Å². The molecule has 2 aromatic heterocycles. The molecule has 2 heterocycles. The van der Waals surface area contributed by atoms with E-state index in [9.17, 15) is 0 Å². The summed E-state index contributed by atoms with van der Waals surface area (Å²) in [7, 11) is 0. The quantitative estimate of drug-likeness (QED) is 0.631. The summed E-state index contributed by atoms with van der Waals surface area (Å²) in [6, 6.07) is 12.7. The van der Waals surface area contributed by atoms with Crippen LogP contribution in [0.25, 0.3) is 11.4 Å². The van der Waals surface area contributed by atoms with Crippen molar-refractivity contribution in [2.45, 2.75) is 65.2 Å². The SMILES string of the molecule is CCC(CC)c1cccc(-c2cccc(C(CC)CC)n2)n1. The van der Waals surface area contributed by atoms with Gasteiger partial charge in [-0.1, -0.05) is 39.8 Å². The van der Waals surface area contributed by atoms with Gasteiger partial charge in [0.2, 0.25) is 0 Å². The lowest BCUT2D eigenvalue weighted by atomic mass is 9.97. The van der Waals surface area contributed by atoms with Gasteiger partial charge in [-0.05, 0) is 49.9 Å². The molecule has 2 aromatic rings. The monoisotopic (exact) mass is 296 g/mol. The molecule has 0 aromatic carbocycles. The average molecular weight is 296 g/mol. The number of aromatic nitrogens is 2. The maximum atomic E-state index is 4.87. The predicted molar refractivity (Wildman–Crippen MR) is 94.1 cm³/mol. The molecule has 2 nitrogen and oxygen atoms in total. The molecule has 0 fully saturated rings. The lowest BCUT2D eigenvalue weighted by Gasteiger charge is -2.14. The molecule has 0 radical (unpaired) electrons. The minimum Gasteiger partial charge on any atom is -0.251 e. The average Bonchev–Trinajstić information content (AvgIpc) is 2.58. The van der Waals surface area contributed by atoms with Gasteiger partial charge in [-0.15, -0.1) is 0 Å². The first-order chi connectivity index (χ1) is 10.7. The Balaban J connectivity index is 2.36. The van der Waals surface area contributed by atoms with Gasteiger partial charge in [0.05, 0.1) is 11.4 Å². The Kier molecular flexibility index (Phi) is 6.11. The number of nitrogens with zero attached hydrogens (tertiary/aromatic N) is 2. The molecule has 0 atom stereocenters. The fourth-order valence-electron chi connectivity index (χ4n) is 3.06. The van der Waals surface area contributed by atoms with E-state index in [1.54, 1.807) is 0 Å². The zero-order valence-corrected chi connectivity index (χ0v) is 14.3. The second-order valence-electron chi connectivity index (χ2n) is 5.92. The van der Waals surface area contributed by atoms with Gasteiger partial charge >= 0.3 is 0 Å².